The highest BCUT2D eigenvalue weighted by Gasteiger charge is 2.62. The van der Waals surface area contributed by atoms with Gasteiger partial charge >= 0.3 is 0 Å². The zero-order valence-corrected chi connectivity index (χ0v) is 22.2. The molecule has 4 nitrogen and oxygen atoms in total. The lowest BCUT2D eigenvalue weighted by molar-refractivity contribution is -0.114. The van der Waals surface area contributed by atoms with Gasteiger partial charge in [-0.1, -0.05) is 30.9 Å². The first-order valence-electron chi connectivity index (χ1n) is 14.5. The molecule has 4 heteroatoms. The van der Waals surface area contributed by atoms with Crippen molar-refractivity contribution in [1.29, 1.82) is 0 Å². The third-order valence-electron chi connectivity index (χ3n) is 10.8. The molecule has 1 spiro atoms. The van der Waals surface area contributed by atoms with E-state index in [-0.39, 0.29) is 17.1 Å². The SMILES string of the molecule is CC#C[C@]1(O)CC[C@H]2[C@@H]3CCC4=CC(=O)CCC4=C3[C@@H](c3ccc4c(c3)OC3(CCCCC3)O4)C[C@@]21C. The van der Waals surface area contributed by atoms with Crippen molar-refractivity contribution in [2.24, 2.45) is 17.3 Å². The van der Waals surface area contributed by atoms with Crippen molar-refractivity contribution in [1.82, 2.24) is 0 Å². The minimum atomic E-state index is -0.956. The van der Waals surface area contributed by atoms with Gasteiger partial charge in [0.25, 0.3) is 5.79 Å². The highest BCUT2D eigenvalue weighted by atomic mass is 16.7. The van der Waals surface area contributed by atoms with Gasteiger partial charge < -0.3 is 14.6 Å². The van der Waals surface area contributed by atoms with Crippen LogP contribution in [0.15, 0.2) is 41.0 Å². The van der Waals surface area contributed by atoms with Gasteiger partial charge in [-0.3, -0.25) is 4.79 Å². The first-order valence-corrected chi connectivity index (χ1v) is 14.5. The van der Waals surface area contributed by atoms with Gasteiger partial charge in [-0.2, -0.15) is 0 Å². The molecule has 1 aromatic rings. The Morgan fingerprint density at radius 3 is 2.62 bits per heavy atom. The minimum absolute atomic E-state index is 0.179. The third-order valence-corrected chi connectivity index (χ3v) is 10.8. The first-order chi connectivity index (χ1) is 17.8. The Bertz CT molecular complexity index is 1280. The second-order valence-electron chi connectivity index (χ2n) is 12.7. The van der Waals surface area contributed by atoms with E-state index in [9.17, 15) is 9.90 Å². The zero-order valence-electron chi connectivity index (χ0n) is 22.2. The van der Waals surface area contributed by atoms with Crippen molar-refractivity contribution in [2.75, 3.05) is 0 Å². The summed E-state index contributed by atoms with van der Waals surface area (Å²) in [5.74, 6) is 8.85. The number of benzene rings is 1. The van der Waals surface area contributed by atoms with Gasteiger partial charge in [-0.05, 0) is 105 Å². The average Bonchev–Trinajstić information content (AvgIpc) is 3.36. The lowest BCUT2D eigenvalue weighted by Crippen LogP contribution is -2.51. The fourth-order valence-electron chi connectivity index (χ4n) is 9.00. The number of fused-ring (bicyclic) bond motifs is 5. The summed E-state index contributed by atoms with van der Waals surface area (Å²) in [6, 6.07) is 6.57. The number of carbonyl (C=O) groups is 1. The Kier molecular flexibility index (Phi) is 5.26. The van der Waals surface area contributed by atoms with E-state index in [1.165, 1.54) is 28.7 Å². The molecule has 1 heterocycles. The normalized spacial score (nSPS) is 37.3. The largest absolute Gasteiger partial charge is 0.448 e. The Balaban J connectivity index is 1.34. The summed E-state index contributed by atoms with van der Waals surface area (Å²) < 4.78 is 12.9. The lowest BCUT2D eigenvalue weighted by atomic mass is 9.51. The molecule has 0 amide bonds. The quantitative estimate of drug-likeness (QED) is 0.434. The predicted molar refractivity (Wildman–Crippen MR) is 142 cm³/mol. The van der Waals surface area contributed by atoms with Gasteiger partial charge in [0.2, 0.25) is 0 Å². The van der Waals surface area contributed by atoms with Crippen molar-refractivity contribution in [2.45, 2.75) is 108 Å². The smallest absolute Gasteiger partial charge is 0.251 e. The van der Waals surface area contributed by atoms with Crippen LogP contribution in [-0.2, 0) is 4.79 Å². The molecule has 5 atom stereocenters. The van der Waals surface area contributed by atoms with Crippen LogP contribution in [-0.4, -0.2) is 22.3 Å². The number of carbonyl (C=O) groups excluding carboxylic acids is 1. The Hall–Kier alpha value is -2.51. The number of hydrogen-bond acceptors (Lipinski definition) is 4. The molecule has 0 aromatic heterocycles. The van der Waals surface area contributed by atoms with Crippen molar-refractivity contribution < 1.29 is 19.4 Å². The van der Waals surface area contributed by atoms with Gasteiger partial charge in [-0.15, -0.1) is 5.92 Å². The summed E-state index contributed by atoms with van der Waals surface area (Å²) in [6.45, 7) is 4.14. The van der Waals surface area contributed by atoms with E-state index in [4.69, 9.17) is 9.47 Å². The van der Waals surface area contributed by atoms with Gasteiger partial charge in [0, 0.05) is 30.6 Å². The molecular formula is C33H38O4. The molecule has 6 aliphatic rings. The van der Waals surface area contributed by atoms with E-state index in [0.717, 1.165) is 75.7 Å². The van der Waals surface area contributed by atoms with E-state index in [2.05, 4.69) is 37.0 Å². The summed E-state index contributed by atoms with van der Waals surface area (Å²) in [4.78, 5) is 12.3. The molecule has 1 aromatic carbocycles. The number of allylic oxidation sites excluding steroid dienone is 4. The topological polar surface area (TPSA) is 55.8 Å². The predicted octanol–water partition coefficient (Wildman–Crippen LogP) is 6.77. The maximum absolute atomic E-state index is 12.3. The van der Waals surface area contributed by atoms with Crippen LogP contribution in [0, 0.1) is 29.1 Å². The molecule has 5 aliphatic carbocycles. The standard InChI is InChI=1S/C33H38O4/c1-3-14-32(35)17-13-27-25-10-7-21-18-23(34)9-11-24(21)30(25)26(20-31(27,32)2)22-8-12-28-29(19-22)37-33(36-28)15-5-4-6-16-33/h8,12,18-19,25-27,35H,4-7,9-11,13,15-17,20H2,1-2H3/t25-,26+,27-,31-,32-/m0/s1. The van der Waals surface area contributed by atoms with Gasteiger partial charge in [0.05, 0.1) is 0 Å². The van der Waals surface area contributed by atoms with Gasteiger partial charge in [0.1, 0.15) is 5.60 Å². The molecule has 1 aliphatic heterocycles. The van der Waals surface area contributed by atoms with Crippen LogP contribution < -0.4 is 9.47 Å². The molecule has 3 saturated carbocycles. The molecule has 0 saturated heterocycles. The molecule has 7 rings (SSSR count). The summed E-state index contributed by atoms with van der Waals surface area (Å²) in [7, 11) is 0. The fourth-order valence-corrected chi connectivity index (χ4v) is 9.00. The fraction of sp³-hybridized carbons (Fsp3) is 0.606. The van der Waals surface area contributed by atoms with Crippen LogP contribution in [0.3, 0.4) is 0 Å². The van der Waals surface area contributed by atoms with Gasteiger partial charge in [-0.25, -0.2) is 0 Å². The molecule has 194 valence electrons. The van der Waals surface area contributed by atoms with Crippen LogP contribution in [0.2, 0.25) is 0 Å². The van der Waals surface area contributed by atoms with E-state index < -0.39 is 11.4 Å². The van der Waals surface area contributed by atoms with Crippen molar-refractivity contribution in [3.63, 3.8) is 0 Å². The molecular weight excluding hydrogens is 460 g/mol. The number of hydrogen-bond donors (Lipinski definition) is 1. The van der Waals surface area contributed by atoms with Crippen LogP contribution in [0.4, 0.5) is 0 Å². The zero-order chi connectivity index (χ0) is 25.4. The third kappa shape index (κ3) is 3.42. The second kappa shape index (κ2) is 8.24. The highest BCUT2D eigenvalue weighted by molar-refractivity contribution is 5.93. The van der Waals surface area contributed by atoms with E-state index >= 15 is 0 Å². The maximum atomic E-state index is 12.3. The molecule has 0 unspecified atom stereocenters. The van der Waals surface area contributed by atoms with Crippen LogP contribution in [0.1, 0.15) is 102 Å². The summed E-state index contributed by atoms with van der Waals surface area (Å²) >= 11 is 0. The van der Waals surface area contributed by atoms with Crippen molar-refractivity contribution in [3.05, 3.63) is 46.6 Å². The lowest BCUT2D eigenvalue weighted by Gasteiger charge is -2.53. The van der Waals surface area contributed by atoms with Crippen molar-refractivity contribution in [3.8, 4) is 23.3 Å². The second-order valence-corrected chi connectivity index (χ2v) is 12.7. The molecule has 0 bridgehead atoms. The van der Waals surface area contributed by atoms with Crippen LogP contribution in [0.5, 0.6) is 11.5 Å². The maximum Gasteiger partial charge on any atom is 0.251 e. The summed E-state index contributed by atoms with van der Waals surface area (Å²) in [6.07, 6.45) is 13.5. The number of ether oxygens (including phenoxy) is 2. The Morgan fingerprint density at radius 2 is 1.81 bits per heavy atom. The molecule has 1 N–H and O–H groups in total. The molecule has 37 heavy (non-hydrogen) atoms. The monoisotopic (exact) mass is 498 g/mol. The van der Waals surface area contributed by atoms with Crippen LogP contribution >= 0.6 is 0 Å². The highest BCUT2D eigenvalue weighted by Crippen LogP contribution is 2.67. The van der Waals surface area contributed by atoms with E-state index in [0.29, 0.717) is 18.3 Å². The minimum Gasteiger partial charge on any atom is -0.448 e. The average molecular weight is 499 g/mol. The van der Waals surface area contributed by atoms with Crippen molar-refractivity contribution >= 4 is 5.78 Å². The number of aliphatic hydroxyl groups is 1. The van der Waals surface area contributed by atoms with Crippen LogP contribution in [0.25, 0.3) is 0 Å². The molecule has 0 radical (unpaired) electrons. The first kappa shape index (κ1) is 23.6. The Labute approximate surface area is 220 Å². The van der Waals surface area contributed by atoms with E-state index in [1.807, 2.05) is 13.0 Å². The number of ketones is 1. The Morgan fingerprint density at radius 1 is 1.00 bits per heavy atom. The summed E-state index contributed by atoms with van der Waals surface area (Å²) in [5, 5.41) is 11.9. The number of rotatable bonds is 1. The van der Waals surface area contributed by atoms with Gasteiger partial charge in [0.15, 0.2) is 17.3 Å². The van der Waals surface area contributed by atoms with E-state index in [1.54, 1.807) is 0 Å². The summed E-state index contributed by atoms with van der Waals surface area (Å²) in [5.41, 5.74) is 4.25. The molecule has 3 fully saturated rings.